The molecular formula is C13H15BrClNO3S. The fourth-order valence-electron chi connectivity index (χ4n) is 2.43. The van der Waals surface area contributed by atoms with Crippen molar-refractivity contribution in [2.45, 2.75) is 37.6 Å². The summed E-state index contributed by atoms with van der Waals surface area (Å²) in [5, 5.41) is 0. The van der Waals surface area contributed by atoms with Gasteiger partial charge in [-0.15, -0.1) is 0 Å². The highest BCUT2D eigenvalue weighted by molar-refractivity contribution is 9.10. The molecule has 1 unspecified atom stereocenters. The molecular weight excluding hydrogens is 366 g/mol. The highest BCUT2D eigenvalue weighted by Crippen LogP contribution is 2.29. The van der Waals surface area contributed by atoms with E-state index in [0.29, 0.717) is 22.1 Å². The predicted molar refractivity (Wildman–Crippen MR) is 81.7 cm³/mol. The number of amides is 1. The molecule has 0 bridgehead atoms. The SMILES string of the molecule is Cc1c(Br)cc(C(=O)N2CCCC2C)cc1S(=O)(=O)Cl. The summed E-state index contributed by atoms with van der Waals surface area (Å²) < 4.78 is 23.7. The summed E-state index contributed by atoms with van der Waals surface area (Å²) in [4.78, 5) is 14.2. The van der Waals surface area contributed by atoms with Gasteiger partial charge in [0.05, 0.1) is 4.90 Å². The summed E-state index contributed by atoms with van der Waals surface area (Å²) in [7, 11) is 1.55. The zero-order chi connectivity index (χ0) is 15.1. The van der Waals surface area contributed by atoms with Crippen LogP contribution in [0.1, 0.15) is 35.7 Å². The lowest BCUT2D eigenvalue weighted by molar-refractivity contribution is 0.0747. The van der Waals surface area contributed by atoms with Crippen molar-refractivity contribution in [3.05, 3.63) is 27.7 Å². The molecule has 1 atom stereocenters. The van der Waals surface area contributed by atoms with Crippen molar-refractivity contribution < 1.29 is 13.2 Å². The standard InChI is InChI=1S/C13H15BrClNO3S/c1-8-4-3-5-16(8)13(17)10-6-11(14)9(2)12(7-10)20(15,18)19/h6-8H,3-5H2,1-2H3. The van der Waals surface area contributed by atoms with E-state index < -0.39 is 9.05 Å². The van der Waals surface area contributed by atoms with Crippen molar-refractivity contribution in [2.75, 3.05) is 6.54 Å². The number of carbonyl (C=O) groups is 1. The zero-order valence-electron chi connectivity index (χ0n) is 11.2. The molecule has 1 amide bonds. The molecule has 2 rings (SSSR count). The first-order valence-corrected chi connectivity index (χ1v) is 9.38. The molecule has 0 radical (unpaired) electrons. The van der Waals surface area contributed by atoms with E-state index in [4.69, 9.17) is 10.7 Å². The van der Waals surface area contributed by atoms with E-state index in [9.17, 15) is 13.2 Å². The van der Waals surface area contributed by atoms with Gasteiger partial charge in [0, 0.05) is 33.3 Å². The maximum absolute atomic E-state index is 12.5. The molecule has 0 saturated carbocycles. The third kappa shape index (κ3) is 3.02. The maximum Gasteiger partial charge on any atom is 0.261 e. The Morgan fingerprint density at radius 3 is 2.60 bits per heavy atom. The Balaban J connectivity index is 2.48. The minimum absolute atomic E-state index is 0.0243. The number of hydrogen-bond acceptors (Lipinski definition) is 3. The van der Waals surface area contributed by atoms with E-state index in [1.807, 2.05) is 6.92 Å². The molecule has 1 aliphatic heterocycles. The van der Waals surface area contributed by atoms with Gasteiger partial charge >= 0.3 is 0 Å². The highest BCUT2D eigenvalue weighted by atomic mass is 79.9. The molecule has 1 saturated heterocycles. The average Bonchev–Trinajstić information content (AvgIpc) is 2.76. The first-order valence-electron chi connectivity index (χ1n) is 6.27. The van der Waals surface area contributed by atoms with E-state index in [0.717, 1.165) is 12.8 Å². The number of rotatable bonds is 2. The van der Waals surface area contributed by atoms with Crippen LogP contribution in [-0.4, -0.2) is 31.8 Å². The second kappa shape index (κ2) is 5.66. The van der Waals surface area contributed by atoms with Crippen LogP contribution in [-0.2, 0) is 9.05 Å². The summed E-state index contributed by atoms with van der Waals surface area (Å²) >= 11 is 3.29. The molecule has 1 aliphatic rings. The monoisotopic (exact) mass is 379 g/mol. The summed E-state index contributed by atoms with van der Waals surface area (Å²) in [6.45, 7) is 4.34. The normalized spacial score (nSPS) is 19.4. The molecule has 0 aliphatic carbocycles. The van der Waals surface area contributed by atoms with E-state index in [1.165, 1.54) is 6.07 Å². The smallest absolute Gasteiger partial charge is 0.261 e. The number of carbonyl (C=O) groups excluding carboxylic acids is 1. The molecule has 7 heteroatoms. The van der Waals surface area contributed by atoms with Crippen LogP contribution < -0.4 is 0 Å². The fraction of sp³-hybridized carbons (Fsp3) is 0.462. The molecule has 1 aromatic rings. The summed E-state index contributed by atoms with van der Waals surface area (Å²) in [5.41, 5.74) is 0.849. The van der Waals surface area contributed by atoms with Gasteiger partial charge in [0.15, 0.2) is 0 Å². The molecule has 1 fully saturated rings. The van der Waals surface area contributed by atoms with Crippen LogP contribution in [0.2, 0.25) is 0 Å². The quantitative estimate of drug-likeness (QED) is 0.740. The topological polar surface area (TPSA) is 54.5 Å². The van der Waals surface area contributed by atoms with Gasteiger partial charge in [0.25, 0.3) is 15.0 Å². The molecule has 0 spiro atoms. The molecule has 1 aromatic carbocycles. The number of hydrogen-bond donors (Lipinski definition) is 0. The molecule has 0 N–H and O–H groups in total. The van der Waals surface area contributed by atoms with Crippen LogP contribution in [0.4, 0.5) is 0 Å². The summed E-state index contributed by atoms with van der Waals surface area (Å²) in [6, 6.07) is 3.18. The third-order valence-electron chi connectivity index (χ3n) is 3.62. The van der Waals surface area contributed by atoms with Crippen LogP contribution in [0.15, 0.2) is 21.5 Å². The third-order valence-corrected chi connectivity index (χ3v) is 5.89. The first-order chi connectivity index (χ1) is 9.21. The molecule has 1 heterocycles. The number of benzene rings is 1. The first kappa shape index (κ1) is 15.8. The van der Waals surface area contributed by atoms with Crippen LogP contribution in [0.5, 0.6) is 0 Å². The van der Waals surface area contributed by atoms with Crippen molar-refractivity contribution >= 4 is 41.6 Å². The van der Waals surface area contributed by atoms with E-state index in [1.54, 1.807) is 17.9 Å². The average molecular weight is 381 g/mol. The minimum Gasteiger partial charge on any atom is -0.336 e. The summed E-state index contributed by atoms with van der Waals surface area (Å²) in [6.07, 6.45) is 1.94. The molecule has 4 nitrogen and oxygen atoms in total. The molecule has 0 aromatic heterocycles. The highest BCUT2D eigenvalue weighted by Gasteiger charge is 2.27. The lowest BCUT2D eigenvalue weighted by Crippen LogP contribution is -2.33. The van der Waals surface area contributed by atoms with Crippen LogP contribution in [0.25, 0.3) is 0 Å². The fourth-order valence-corrected chi connectivity index (χ4v) is 4.25. The van der Waals surface area contributed by atoms with Gasteiger partial charge in [-0.05, 0) is 44.4 Å². The second-order valence-corrected chi connectivity index (χ2v) is 8.40. The number of halogens is 2. The van der Waals surface area contributed by atoms with Crippen LogP contribution in [0.3, 0.4) is 0 Å². The van der Waals surface area contributed by atoms with Gasteiger partial charge in [0.2, 0.25) is 0 Å². The Morgan fingerprint density at radius 2 is 2.10 bits per heavy atom. The lowest BCUT2D eigenvalue weighted by Gasteiger charge is -2.22. The Bertz CT molecular complexity index is 660. The molecule has 20 heavy (non-hydrogen) atoms. The Hall–Kier alpha value is -0.590. The van der Waals surface area contributed by atoms with Gasteiger partial charge in [-0.1, -0.05) is 15.9 Å². The minimum atomic E-state index is -3.88. The Kier molecular flexibility index (Phi) is 4.47. The van der Waals surface area contributed by atoms with Crippen molar-refractivity contribution in [3.8, 4) is 0 Å². The van der Waals surface area contributed by atoms with Crippen LogP contribution in [0, 0.1) is 6.92 Å². The zero-order valence-corrected chi connectivity index (χ0v) is 14.3. The van der Waals surface area contributed by atoms with Gasteiger partial charge in [-0.2, -0.15) is 0 Å². The molecule has 110 valence electrons. The largest absolute Gasteiger partial charge is 0.336 e. The van der Waals surface area contributed by atoms with E-state index >= 15 is 0 Å². The van der Waals surface area contributed by atoms with Crippen molar-refractivity contribution in [2.24, 2.45) is 0 Å². The van der Waals surface area contributed by atoms with Gasteiger partial charge in [0.1, 0.15) is 0 Å². The van der Waals surface area contributed by atoms with Gasteiger partial charge in [-0.25, -0.2) is 8.42 Å². The van der Waals surface area contributed by atoms with Crippen LogP contribution >= 0.6 is 26.6 Å². The predicted octanol–water partition coefficient (Wildman–Crippen LogP) is 3.31. The van der Waals surface area contributed by atoms with E-state index in [2.05, 4.69) is 15.9 Å². The number of nitrogens with zero attached hydrogens (tertiary/aromatic N) is 1. The number of likely N-dealkylation sites (tertiary alicyclic amines) is 1. The van der Waals surface area contributed by atoms with Gasteiger partial charge in [-0.3, -0.25) is 4.79 Å². The summed E-state index contributed by atoms with van der Waals surface area (Å²) in [5.74, 6) is -0.155. The Labute approximate surface area is 131 Å². The Morgan fingerprint density at radius 1 is 1.45 bits per heavy atom. The van der Waals surface area contributed by atoms with E-state index in [-0.39, 0.29) is 16.8 Å². The van der Waals surface area contributed by atoms with Crippen molar-refractivity contribution in [3.63, 3.8) is 0 Å². The maximum atomic E-state index is 12.5. The lowest BCUT2D eigenvalue weighted by atomic mass is 10.1. The van der Waals surface area contributed by atoms with Crippen molar-refractivity contribution in [1.82, 2.24) is 4.90 Å². The van der Waals surface area contributed by atoms with Crippen molar-refractivity contribution in [1.29, 1.82) is 0 Å². The second-order valence-electron chi connectivity index (χ2n) is 5.01. The van der Waals surface area contributed by atoms with Gasteiger partial charge < -0.3 is 4.90 Å².